The van der Waals surface area contributed by atoms with Crippen molar-refractivity contribution in [3.63, 3.8) is 0 Å². The molecule has 0 aliphatic carbocycles. The fourth-order valence-electron chi connectivity index (χ4n) is 3.64. The fraction of sp³-hybridized carbons (Fsp3) is 0.391. The summed E-state index contributed by atoms with van der Waals surface area (Å²) in [5.41, 5.74) is 0.875. The number of nitrogens with one attached hydrogen (secondary N) is 1. The second-order valence-corrected chi connectivity index (χ2v) is 10.5. The molecule has 1 saturated heterocycles. The molecule has 2 amide bonds. The summed E-state index contributed by atoms with van der Waals surface area (Å²) in [4.78, 5) is 27.4. The predicted molar refractivity (Wildman–Crippen MR) is 124 cm³/mol. The van der Waals surface area contributed by atoms with Gasteiger partial charge in [-0.05, 0) is 29.7 Å². The zero-order valence-corrected chi connectivity index (χ0v) is 19.8. The Balaban J connectivity index is 1.61. The number of carbonyl (C=O) groups excluding carboxylic acids is 2. The first-order valence-electron chi connectivity index (χ1n) is 10.6. The summed E-state index contributed by atoms with van der Waals surface area (Å²) in [6.07, 6.45) is 0.197. The molecule has 7 nitrogen and oxygen atoms in total. The van der Waals surface area contributed by atoms with Crippen molar-refractivity contribution in [2.24, 2.45) is 5.92 Å². The highest BCUT2D eigenvalue weighted by Gasteiger charge is 2.34. The van der Waals surface area contributed by atoms with E-state index in [1.54, 1.807) is 17.0 Å². The van der Waals surface area contributed by atoms with Crippen molar-refractivity contribution in [1.82, 2.24) is 14.5 Å². The van der Waals surface area contributed by atoms with Gasteiger partial charge < -0.3 is 10.2 Å². The van der Waals surface area contributed by atoms with Gasteiger partial charge >= 0.3 is 0 Å². The maximum Gasteiger partial charge on any atom is 0.245 e. The summed E-state index contributed by atoms with van der Waals surface area (Å²) in [7, 11) is -3.68. The molecule has 32 heavy (non-hydrogen) atoms. The SMILES string of the molecule is CC(C)C(NC(=O)Cc1ccccc1)C(=O)N1CCN(S(=O)(=O)c2cccc(Cl)c2)CC1. The number of piperazine rings is 1. The number of rotatable bonds is 7. The summed E-state index contributed by atoms with van der Waals surface area (Å²) >= 11 is 5.94. The van der Waals surface area contributed by atoms with Gasteiger partial charge in [-0.15, -0.1) is 0 Å². The van der Waals surface area contributed by atoms with Crippen molar-refractivity contribution >= 4 is 33.4 Å². The number of amides is 2. The molecule has 3 rings (SSSR count). The lowest BCUT2D eigenvalue weighted by molar-refractivity contribution is -0.138. The predicted octanol–water partition coefficient (Wildman–Crippen LogP) is 2.56. The van der Waals surface area contributed by atoms with E-state index in [9.17, 15) is 18.0 Å². The molecule has 1 fully saturated rings. The van der Waals surface area contributed by atoms with Gasteiger partial charge in [-0.2, -0.15) is 4.31 Å². The molecule has 0 spiro atoms. The Hall–Kier alpha value is -2.42. The third-order valence-corrected chi connectivity index (χ3v) is 7.57. The Morgan fingerprint density at radius 3 is 2.25 bits per heavy atom. The van der Waals surface area contributed by atoms with Gasteiger partial charge in [0.05, 0.1) is 11.3 Å². The first-order chi connectivity index (χ1) is 15.2. The fourth-order valence-corrected chi connectivity index (χ4v) is 5.36. The molecular formula is C23H28ClN3O4S. The highest BCUT2D eigenvalue weighted by Crippen LogP contribution is 2.21. The van der Waals surface area contributed by atoms with E-state index in [0.29, 0.717) is 5.02 Å². The number of carbonyl (C=O) groups is 2. The molecule has 1 heterocycles. The van der Waals surface area contributed by atoms with Crippen LogP contribution in [0.15, 0.2) is 59.5 Å². The zero-order chi connectivity index (χ0) is 23.3. The van der Waals surface area contributed by atoms with Gasteiger partial charge in [0.1, 0.15) is 6.04 Å². The molecule has 9 heteroatoms. The van der Waals surface area contributed by atoms with E-state index in [1.807, 2.05) is 44.2 Å². The third-order valence-electron chi connectivity index (χ3n) is 5.44. The maximum atomic E-state index is 13.1. The lowest BCUT2D eigenvalue weighted by Crippen LogP contribution is -2.57. The van der Waals surface area contributed by atoms with Crippen LogP contribution < -0.4 is 5.32 Å². The summed E-state index contributed by atoms with van der Waals surface area (Å²) in [6, 6.07) is 14.8. The van der Waals surface area contributed by atoms with Gasteiger partial charge in [-0.1, -0.05) is 61.8 Å². The zero-order valence-electron chi connectivity index (χ0n) is 18.2. The van der Waals surface area contributed by atoms with E-state index < -0.39 is 16.1 Å². The van der Waals surface area contributed by atoms with Gasteiger partial charge in [0.25, 0.3) is 0 Å². The van der Waals surface area contributed by atoms with Crippen LogP contribution in [0.25, 0.3) is 0 Å². The number of nitrogens with zero attached hydrogens (tertiary/aromatic N) is 2. The molecule has 0 aromatic heterocycles. The minimum absolute atomic E-state index is 0.101. The smallest absolute Gasteiger partial charge is 0.245 e. The molecule has 2 aromatic carbocycles. The molecule has 1 aliphatic rings. The van der Waals surface area contributed by atoms with E-state index in [0.717, 1.165) is 5.56 Å². The van der Waals surface area contributed by atoms with E-state index in [-0.39, 0.29) is 55.2 Å². The van der Waals surface area contributed by atoms with Gasteiger partial charge in [0.15, 0.2) is 0 Å². The normalized spacial score (nSPS) is 16.1. The monoisotopic (exact) mass is 477 g/mol. The van der Waals surface area contributed by atoms with E-state index in [4.69, 9.17) is 11.6 Å². The Kier molecular flexibility index (Phi) is 7.92. The van der Waals surface area contributed by atoms with Gasteiger partial charge in [-0.25, -0.2) is 8.42 Å². The highest BCUT2D eigenvalue weighted by atomic mass is 35.5. The number of benzene rings is 2. The molecule has 1 aliphatic heterocycles. The molecule has 1 unspecified atom stereocenters. The van der Waals surface area contributed by atoms with Crippen LogP contribution in [0.2, 0.25) is 5.02 Å². The van der Waals surface area contributed by atoms with Crippen molar-refractivity contribution in [2.45, 2.75) is 31.2 Å². The second kappa shape index (κ2) is 10.5. The van der Waals surface area contributed by atoms with Gasteiger partial charge in [-0.3, -0.25) is 9.59 Å². The molecule has 1 atom stereocenters. The van der Waals surface area contributed by atoms with Crippen molar-refractivity contribution in [1.29, 1.82) is 0 Å². The van der Waals surface area contributed by atoms with Crippen LogP contribution in [0.3, 0.4) is 0 Å². The minimum atomic E-state index is -3.68. The standard InChI is InChI=1S/C23H28ClN3O4S/c1-17(2)22(25-21(28)15-18-7-4-3-5-8-18)23(29)26-11-13-27(14-12-26)32(30,31)20-10-6-9-19(24)16-20/h3-10,16-17,22H,11-15H2,1-2H3,(H,25,28). The van der Waals surface area contributed by atoms with Crippen LogP contribution in [0, 0.1) is 5.92 Å². The molecular weight excluding hydrogens is 450 g/mol. The summed E-state index contributed by atoms with van der Waals surface area (Å²) in [6.45, 7) is 4.65. The van der Waals surface area contributed by atoms with Gasteiger partial charge in [0.2, 0.25) is 21.8 Å². The number of hydrogen-bond acceptors (Lipinski definition) is 4. The molecule has 1 N–H and O–H groups in total. The highest BCUT2D eigenvalue weighted by molar-refractivity contribution is 7.89. The third kappa shape index (κ3) is 5.88. The average Bonchev–Trinajstić information content (AvgIpc) is 2.77. The minimum Gasteiger partial charge on any atom is -0.344 e. The molecule has 2 aromatic rings. The van der Waals surface area contributed by atoms with E-state index >= 15 is 0 Å². The Morgan fingerprint density at radius 1 is 1.00 bits per heavy atom. The lowest BCUT2D eigenvalue weighted by Gasteiger charge is -2.36. The number of halogens is 1. The van der Waals surface area contributed by atoms with E-state index in [1.165, 1.54) is 16.4 Å². The van der Waals surface area contributed by atoms with Crippen molar-refractivity contribution in [2.75, 3.05) is 26.2 Å². The summed E-state index contributed by atoms with van der Waals surface area (Å²) in [5.74, 6) is -0.512. The van der Waals surface area contributed by atoms with Crippen LogP contribution in [0.4, 0.5) is 0 Å². The van der Waals surface area contributed by atoms with Crippen molar-refractivity contribution in [3.8, 4) is 0 Å². The lowest BCUT2D eigenvalue weighted by atomic mass is 10.0. The molecule has 172 valence electrons. The van der Waals surface area contributed by atoms with Crippen molar-refractivity contribution in [3.05, 3.63) is 65.2 Å². The van der Waals surface area contributed by atoms with Crippen LogP contribution in [-0.2, 0) is 26.0 Å². The molecule has 0 saturated carbocycles. The first-order valence-corrected chi connectivity index (χ1v) is 12.4. The van der Waals surface area contributed by atoms with Crippen molar-refractivity contribution < 1.29 is 18.0 Å². The summed E-state index contributed by atoms with van der Waals surface area (Å²) in [5, 5.41) is 3.21. The Bertz CT molecular complexity index is 1050. The van der Waals surface area contributed by atoms with Crippen LogP contribution in [-0.4, -0.2) is 61.7 Å². The largest absolute Gasteiger partial charge is 0.344 e. The summed E-state index contributed by atoms with van der Waals surface area (Å²) < 4.78 is 27.1. The molecule has 0 bridgehead atoms. The number of hydrogen-bond donors (Lipinski definition) is 1. The van der Waals surface area contributed by atoms with E-state index in [2.05, 4.69) is 5.32 Å². The average molecular weight is 478 g/mol. The molecule has 0 radical (unpaired) electrons. The van der Waals surface area contributed by atoms with Crippen LogP contribution in [0.5, 0.6) is 0 Å². The van der Waals surface area contributed by atoms with Crippen LogP contribution in [0.1, 0.15) is 19.4 Å². The van der Waals surface area contributed by atoms with Crippen LogP contribution >= 0.6 is 11.6 Å². The first kappa shape index (κ1) is 24.2. The topological polar surface area (TPSA) is 86.8 Å². The second-order valence-electron chi connectivity index (χ2n) is 8.14. The Morgan fingerprint density at radius 2 is 1.66 bits per heavy atom. The Labute approximate surface area is 194 Å². The maximum absolute atomic E-state index is 13.1. The quantitative estimate of drug-likeness (QED) is 0.664. The number of sulfonamides is 1. The van der Waals surface area contributed by atoms with Gasteiger partial charge in [0, 0.05) is 31.2 Å².